The van der Waals surface area contributed by atoms with E-state index < -0.39 is 67.4 Å². The molecule has 8 unspecified atom stereocenters. The number of amides is 1. The lowest BCUT2D eigenvalue weighted by atomic mass is 9.99. The molecule has 1 saturated heterocycles. The zero-order valence-corrected chi connectivity index (χ0v) is 46.0. The summed E-state index contributed by atoms with van der Waals surface area (Å²) in [4.78, 5) is 26.5. The highest BCUT2D eigenvalue weighted by atomic mass is 16.7. The molecule has 0 aromatic rings. The van der Waals surface area contributed by atoms with E-state index in [9.17, 15) is 35.1 Å². The van der Waals surface area contributed by atoms with E-state index >= 15 is 0 Å². The van der Waals surface area contributed by atoms with Crippen LogP contribution in [0.3, 0.4) is 0 Å². The van der Waals surface area contributed by atoms with Gasteiger partial charge in [-0.05, 0) is 83.5 Å². The van der Waals surface area contributed by atoms with E-state index in [2.05, 4.69) is 74.7 Å². The molecular weight excluding hydrogens is 919 g/mol. The molecule has 73 heavy (non-hydrogen) atoms. The van der Waals surface area contributed by atoms with Crippen LogP contribution in [0.4, 0.5) is 0 Å². The summed E-state index contributed by atoms with van der Waals surface area (Å²) < 4.78 is 17.5. The Kier molecular flexibility index (Phi) is 45.8. The maximum atomic E-state index is 13.4. The second-order valence-electron chi connectivity index (χ2n) is 19.7. The normalized spacial score (nSPS) is 20.1. The van der Waals surface area contributed by atoms with Crippen molar-refractivity contribution in [1.82, 2.24) is 5.32 Å². The zero-order chi connectivity index (χ0) is 53.3. The molecule has 6 N–H and O–H groups in total. The van der Waals surface area contributed by atoms with E-state index in [1.54, 1.807) is 6.08 Å². The maximum absolute atomic E-state index is 13.4. The molecule has 1 fully saturated rings. The Balaban J connectivity index is 2.77. The Morgan fingerprint density at radius 3 is 1.63 bits per heavy atom. The van der Waals surface area contributed by atoms with Gasteiger partial charge >= 0.3 is 5.97 Å². The molecule has 8 atom stereocenters. The van der Waals surface area contributed by atoms with Crippen molar-refractivity contribution < 1.29 is 49.3 Å². The van der Waals surface area contributed by atoms with Crippen LogP contribution in [0.15, 0.2) is 97.2 Å². The highest BCUT2D eigenvalue weighted by Gasteiger charge is 2.47. The van der Waals surface area contributed by atoms with Crippen molar-refractivity contribution >= 4 is 11.9 Å². The predicted molar refractivity (Wildman–Crippen MR) is 301 cm³/mol. The first-order valence-corrected chi connectivity index (χ1v) is 29.1. The molecule has 0 aromatic heterocycles. The third kappa shape index (κ3) is 37.9. The van der Waals surface area contributed by atoms with Gasteiger partial charge in [-0.25, -0.2) is 0 Å². The number of hydrogen-bond donors (Lipinski definition) is 6. The molecule has 1 rings (SSSR count). The summed E-state index contributed by atoms with van der Waals surface area (Å²) in [5.41, 5.74) is 0. The molecule has 0 radical (unpaired) electrons. The molecule has 0 spiro atoms. The lowest BCUT2D eigenvalue weighted by molar-refractivity contribution is -0.305. The number of esters is 1. The maximum Gasteiger partial charge on any atom is 0.306 e. The summed E-state index contributed by atoms with van der Waals surface area (Å²) in [6, 6.07) is -1.05. The first-order valence-electron chi connectivity index (χ1n) is 29.1. The van der Waals surface area contributed by atoms with Crippen molar-refractivity contribution in [3.05, 3.63) is 97.2 Å². The van der Waals surface area contributed by atoms with Crippen LogP contribution in [-0.2, 0) is 23.8 Å². The Hall–Kier alpha value is -3.42. The lowest BCUT2D eigenvalue weighted by Gasteiger charge is -2.41. The molecule has 1 amide bonds. The van der Waals surface area contributed by atoms with Crippen LogP contribution in [0.5, 0.6) is 0 Å². The van der Waals surface area contributed by atoms with Crippen molar-refractivity contribution in [1.29, 1.82) is 0 Å². The van der Waals surface area contributed by atoms with Crippen LogP contribution >= 0.6 is 0 Å². The van der Waals surface area contributed by atoms with Gasteiger partial charge in [-0.2, -0.15) is 0 Å². The van der Waals surface area contributed by atoms with Crippen LogP contribution in [0.25, 0.3) is 0 Å². The summed E-state index contributed by atoms with van der Waals surface area (Å²) in [7, 11) is 0. The molecule has 0 bridgehead atoms. The van der Waals surface area contributed by atoms with Crippen molar-refractivity contribution in [2.45, 2.75) is 269 Å². The van der Waals surface area contributed by atoms with Crippen LogP contribution in [0.1, 0.15) is 220 Å². The SMILES string of the molecule is CC/C=C/C=C/C=C/C=C\CCCCCCC(O)C(=O)NC(COC1OC(CO)C(O)C(O)C1OC(=O)CCCCCC/C=C\C/C=C\C/C=C\CCCCC)C(O)/C=C/CCCCCCCCCCCCC. The first kappa shape index (κ1) is 67.6. The molecule has 1 heterocycles. The number of aliphatic hydroxyl groups is 5. The van der Waals surface area contributed by atoms with Gasteiger partial charge in [0.05, 0.1) is 25.4 Å². The lowest BCUT2D eigenvalue weighted by Crippen LogP contribution is -2.61. The summed E-state index contributed by atoms with van der Waals surface area (Å²) in [5.74, 6) is -1.25. The van der Waals surface area contributed by atoms with Crippen molar-refractivity contribution in [2.75, 3.05) is 13.2 Å². The van der Waals surface area contributed by atoms with Gasteiger partial charge in [0.15, 0.2) is 12.4 Å². The minimum absolute atomic E-state index is 0.0899. The number of aliphatic hydroxyl groups excluding tert-OH is 5. The predicted octanol–water partition coefficient (Wildman–Crippen LogP) is 13.2. The summed E-state index contributed by atoms with van der Waals surface area (Å²) in [6.45, 7) is 5.57. The molecule has 1 aliphatic heterocycles. The van der Waals surface area contributed by atoms with Gasteiger partial charge in [0.1, 0.15) is 24.4 Å². The van der Waals surface area contributed by atoms with Gasteiger partial charge in [-0.15, -0.1) is 0 Å². The third-order valence-corrected chi connectivity index (χ3v) is 13.1. The van der Waals surface area contributed by atoms with Gasteiger partial charge in [0, 0.05) is 6.42 Å². The van der Waals surface area contributed by atoms with Crippen molar-refractivity contribution in [3.63, 3.8) is 0 Å². The van der Waals surface area contributed by atoms with Crippen molar-refractivity contribution in [3.8, 4) is 0 Å². The molecular formula is C62H105NO10. The highest BCUT2D eigenvalue weighted by Crippen LogP contribution is 2.26. The summed E-state index contributed by atoms with van der Waals surface area (Å²) in [5, 5.41) is 56.8. The van der Waals surface area contributed by atoms with Gasteiger partial charge < -0.3 is 45.1 Å². The number of nitrogens with one attached hydrogen (secondary N) is 1. The number of ether oxygens (including phenoxy) is 3. The second kappa shape index (κ2) is 49.5. The van der Waals surface area contributed by atoms with E-state index in [1.807, 2.05) is 42.5 Å². The topological polar surface area (TPSA) is 175 Å². The van der Waals surface area contributed by atoms with E-state index in [-0.39, 0.29) is 19.4 Å². The van der Waals surface area contributed by atoms with Gasteiger partial charge in [-0.1, -0.05) is 227 Å². The zero-order valence-electron chi connectivity index (χ0n) is 46.0. The van der Waals surface area contributed by atoms with Gasteiger partial charge in [0.25, 0.3) is 0 Å². The number of rotatable bonds is 47. The Morgan fingerprint density at radius 1 is 0.562 bits per heavy atom. The first-order chi connectivity index (χ1) is 35.7. The Morgan fingerprint density at radius 2 is 1.04 bits per heavy atom. The van der Waals surface area contributed by atoms with E-state index in [1.165, 1.54) is 70.6 Å². The molecule has 0 saturated carbocycles. The quantitative estimate of drug-likeness (QED) is 0.0149. The number of allylic oxidation sites excluding steroid dienone is 15. The largest absolute Gasteiger partial charge is 0.454 e. The smallest absolute Gasteiger partial charge is 0.306 e. The summed E-state index contributed by atoms with van der Waals surface area (Å²) >= 11 is 0. The molecule has 0 aliphatic carbocycles. The molecule has 11 heteroatoms. The standard InChI is InChI=1S/C62H105NO10/c1-4-7-10-13-16-19-22-25-27-28-29-32-35-38-41-44-47-50-57(67)73-60-59(69)58(68)56(51-64)72-62(60)71-52-53(54(65)48-45-42-39-36-33-30-24-21-18-15-12-9-6-3)63-61(70)55(66)49-46-43-40-37-34-31-26-23-20-17-14-11-8-5-2/h8,11,14,16-17,19-20,23,25-27,29,31-32,45,48,53-56,58-60,62,64-66,68-69H,4-7,9-10,12-13,15,18,21-22,24,28,30,33-44,46-47,49-52H2,1-3H3,(H,63,70)/b11-8+,17-14+,19-16-,23-20+,27-25-,31-26-,32-29-,48-45+. The average molecular weight is 1020 g/mol. The number of carbonyl (C=O) groups is 2. The molecule has 1 aliphatic rings. The second-order valence-corrected chi connectivity index (χ2v) is 19.7. The third-order valence-electron chi connectivity index (χ3n) is 13.1. The fraction of sp³-hybridized carbons (Fsp3) is 0.710. The molecule has 418 valence electrons. The molecule has 11 nitrogen and oxygen atoms in total. The average Bonchev–Trinajstić information content (AvgIpc) is 3.39. The number of hydrogen-bond acceptors (Lipinski definition) is 10. The fourth-order valence-electron chi connectivity index (χ4n) is 8.43. The van der Waals surface area contributed by atoms with Crippen LogP contribution in [0.2, 0.25) is 0 Å². The fourth-order valence-corrected chi connectivity index (χ4v) is 8.43. The number of unbranched alkanes of at least 4 members (excludes halogenated alkanes) is 22. The van der Waals surface area contributed by atoms with Crippen LogP contribution in [-0.4, -0.2) is 99.6 Å². The summed E-state index contributed by atoms with van der Waals surface area (Å²) in [6.07, 6.45) is 54.4. The van der Waals surface area contributed by atoms with Crippen molar-refractivity contribution in [2.24, 2.45) is 0 Å². The number of carbonyl (C=O) groups excluding carboxylic acids is 2. The molecule has 0 aromatic carbocycles. The minimum Gasteiger partial charge on any atom is -0.454 e. The van der Waals surface area contributed by atoms with Crippen LogP contribution in [0, 0.1) is 0 Å². The highest BCUT2D eigenvalue weighted by molar-refractivity contribution is 5.80. The Labute approximate surface area is 444 Å². The minimum atomic E-state index is -1.63. The Bertz CT molecular complexity index is 1550. The van der Waals surface area contributed by atoms with E-state index in [0.29, 0.717) is 12.8 Å². The van der Waals surface area contributed by atoms with Crippen LogP contribution < -0.4 is 5.32 Å². The van der Waals surface area contributed by atoms with E-state index in [4.69, 9.17) is 14.2 Å². The van der Waals surface area contributed by atoms with Gasteiger partial charge in [-0.3, -0.25) is 9.59 Å². The van der Waals surface area contributed by atoms with Gasteiger partial charge in [0.2, 0.25) is 5.91 Å². The van der Waals surface area contributed by atoms with E-state index in [0.717, 1.165) is 103 Å². The monoisotopic (exact) mass is 1020 g/mol.